The SMILES string of the molecule is CCCc1c(Br)c(CCC)c(CCO[Si](C)(C)C(C)(C)C)c(Br)c1CCO[Si](C)(C)C(C)(C)C. The van der Waals surface area contributed by atoms with E-state index >= 15 is 0 Å². The molecule has 0 saturated carbocycles. The van der Waals surface area contributed by atoms with Gasteiger partial charge in [-0.1, -0.05) is 100 Å². The van der Waals surface area contributed by atoms with Crippen LogP contribution in [0.25, 0.3) is 0 Å². The molecule has 0 unspecified atom stereocenters. The molecule has 0 aromatic heterocycles. The van der Waals surface area contributed by atoms with Gasteiger partial charge in [0.05, 0.1) is 0 Å². The highest BCUT2D eigenvalue weighted by molar-refractivity contribution is 9.11. The molecule has 1 aromatic rings. The summed E-state index contributed by atoms with van der Waals surface area (Å²) in [6.45, 7) is 29.4. The highest BCUT2D eigenvalue weighted by Crippen LogP contribution is 2.41. The first kappa shape index (κ1) is 32.6. The summed E-state index contributed by atoms with van der Waals surface area (Å²) in [5.41, 5.74) is 5.78. The Bertz CT molecular complexity index is 743. The molecule has 0 atom stereocenters. The standard InChI is InChI=1S/C28H52Br2O2Si2/c1-13-15-21-23(17-19-31-33(9,10)27(3,4)5)26(30)24(22(16-14-2)25(21)29)18-20-32-34(11,12)28(6,7)8/h13-20H2,1-12H3. The van der Waals surface area contributed by atoms with Gasteiger partial charge in [-0.3, -0.25) is 0 Å². The number of rotatable bonds is 12. The van der Waals surface area contributed by atoms with E-state index in [1.165, 1.54) is 31.2 Å². The molecule has 0 aliphatic carbocycles. The van der Waals surface area contributed by atoms with Crippen molar-refractivity contribution in [1.29, 1.82) is 0 Å². The molecule has 0 N–H and O–H groups in total. The maximum absolute atomic E-state index is 6.59. The second-order valence-corrected chi connectivity index (χ2v) is 24.0. The van der Waals surface area contributed by atoms with E-state index in [1.807, 2.05) is 0 Å². The van der Waals surface area contributed by atoms with Crippen molar-refractivity contribution in [2.45, 2.75) is 130 Å². The predicted octanol–water partition coefficient (Wildman–Crippen LogP) is 10.2. The summed E-state index contributed by atoms with van der Waals surface area (Å²) >= 11 is 8.15. The Kier molecular flexibility index (Phi) is 12.3. The van der Waals surface area contributed by atoms with Crippen LogP contribution in [0.5, 0.6) is 0 Å². The molecule has 0 amide bonds. The second-order valence-electron chi connectivity index (χ2n) is 12.8. The normalized spacial score (nSPS) is 13.6. The van der Waals surface area contributed by atoms with E-state index in [4.69, 9.17) is 8.85 Å². The van der Waals surface area contributed by atoms with Crippen LogP contribution in [0.4, 0.5) is 0 Å². The van der Waals surface area contributed by atoms with E-state index in [2.05, 4.69) is 113 Å². The fourth-order valence-electron chi connectivity index (χ4n) is 3.69. The van der Waals surface area contributed by atoms with Crippen LogP contribution in [0, 0.1) is 0 Å². The largest absolute Gasteiger partial charge is 0.416 e. The van der Waals surface area contributed by atoms with Gasteiger partial charge < -0.3 is 8.85 Å². The highest BCUT2D eigenvalue weighted by atomic mass is 79.9. The van der Waals surface area contributed by atoms with Crippen LogP contribution in [0.3, 0.4) is 0 Å². The van der Waals surface area contributed by atoms with E-state index in [1.54, 1.807) is 0 Å². The molecule has 0 aliphatic rings. The zero-order valence-corrected chi connectivity index (χ0v) is 29.4. The van der Waals surface area contributed by atoms with Crippen molar-refractivity contribution >= 4 is 48.5 Å². The van der Waals surface area contributed by atoms with Gasteiger partial charge in [0.2, 0.25) is 0 Å². The summed E-state index contributed by atoms with van der Waals surface area (Å²) in [4.78, 5) is 0. The lowest BCUT2D eigenvalue weighted by atomic mass is 9.91. The molecule has 1 rings (SSSR count). The fourth-order valence-corrected chi connectivity index (χ4v) is 7.53. The van der Waals surface area contributed by atoms with Gasteiger partial charge in [-0.25, -0.2) is 0 Å². The molecular formula is C28H52Br2O2Si2. The minimum absolute atomic E-state index is 0.230. The summed E-state index contributed by atoms with van der Waals surface area (Å²) in [6, 6.07) is 0. The van der Waals surface area contributed by atoms with E-state index in [0.717, 1.165) is 51.7 Å². The summed E-state index contributed by atoms with van der Waals surface area (Å²) in [5, 5.41) is 0.461. The Morgan fingerprint density at radius 1 is 0.559 bits per heavy atom. The van der Waals surface area contributed by atoms with Gasteiger partial charge in [-0.2, -0.15) is 0 Å². The van der Waals surface area contributed by atoms with Gasteiger partial charge in [-0.15, -0.1) is 0 Å². The predicted molar refractivity (Wildman–Crippen MR) is 164 cm³/mol. The maximum Gasteiger partial charge on any atom is 0.191 e. The van der Waals surface area contributed by atoms with Gasteiger partial charge in [-0.05, 0) is 84.2 Å². The molecule has 198 valence electrons. The van der Waals surface area contributed by atoms with Crippen LogP contribution in [0.2, 0.25) is 36.3 Å². The molecule has 0 saturated heterocycles. The van der Waals surface area contributed by atoms with E-state index in [0.29, 0.717) is 0 Å². The average molecular weight is 637 g/mol. The average Bonchev–Trinajstić information content (AvgIpc) is 2.68. The third kappa shape index (κ3) is 8.27. The third-order valence-electron chi connectivity index (χ3n) is 8.03. The van der Waals surface area contributed by atoms with Crippen LogP contribution in [-0.4, -0.2) is 29.8 Å². The quantitative estimate of drug-likeness (QED) is 0.213. The number of hydrogen-bond donors (Lipinski definition) is 0. The molecule has 0 radical (unpaired) electrons. The maximum atomic E-state index is 6.59. The number of hydrogen-bond acceptors (Lipinski definition) is 2. The van der Waals surface area contributed by atoms with Crippen LogP contribution in [0.15, 0.2) is 8.95 Å². The first-order valence-electron chi connectivity index (χ1n) is 13.2. The lowest BCUT2D eigenvalue weighted by molar-refractivity contribution is 0.289. The van der Waals surface area contributed by atoms with Gasteiger partial charge in [0, 0.05) is 22.2 Å². The Labute approximate surface area is 230 Å². The number of halogens is 2. The van der Waals surface area contributed by atoms with Crippen molar-refractivity contribution in [3.63, 3.8) is 0 Å². The third-order valence-corrected chi connectivity index (χ3v) is 19.0. The van der Waals surface area contributed by atoms with Crippen LogP contribution < -0.4 is 0 Å². The molecule has 6 heteroatoms. The molecule has 0 aliphatic heterocycles. The van der Waals surface area contributed by atoms with E-state index in [9.17, 15) is 0 Å². The zero-order valence-electron chi connectivity index (χ0n) is 24.2. The minimum atomic E-state index is -1.77. The molecular weight excluding hydrogens is 584 g/mol. The van der Waals surface area contributed by atoms with E-state index in [-0.39, 0.29) is 10.1 Å². The van der Waals surface area contributed by atoms with Crippen LogP contribution >= 0.6 is 31.9 Å². The monoisotopic (exact) mass is 634 g/mol. The first-order valence-corrected chi connectivity index (χ1v) is 20.6. The van der Waals surface area contributed by atoms with Crippen LogP contribution in [0.1, 0.15) is 90.5 Å². The minimum Gasteiger partial charge on any atom is -0.416 e. The second kappa shape index (κ2) is 12.9. The molecule has 1 aromatic carbocycles. The lowest BCUT2D eigenvalue weighted by Gasteiger charge is -2.36. The summed E-state index contributed by atoms with van der Waals surface area (Å²) < 4.78 is 15.8. The van der Waals surface area contributed by atoms with E-state index < -0.39 is 16.6 Å². The Morgan fingerprint density at radius 2 is 0.824 bits per heavy atom. The van der Waals surface area contributed by atoms with Crippen molar-refractivity contribution in [2.24, 2.45) is 0 Å². The van der Waals surface area contributed by atoms with Crippen molar-refractivity contribution in [2.75, 3.05) is 13.2 Å². The van der Waals surface area contributed by atoms with Crippen molar-refractivity contribution in [3.05, 3.63) is 31.2 Å². The molecule has 2 nitrogen and oxygen atoms in total. The fraction of sp³-hybridized carbons (Fsp3) is 0.786. The molecule has 0 spiro atoms. The summed E-state index contributed by atoms with van der Waals surface area (Å²) in [7, 11) is -3.53. The van der Waals surface area contributed by atoms with Gasteiger partial charge in [0.1, 0.15) is 0 Å². The van der Waals surface area contributed by atoms with Crippen molar-refractivity contribution in [3.8, 4) is 0 Å². The molecule has 0 fully saturated rings. The number of benzene rings is 1. The van der Waals surface area contributed by atoms with Crippen LogP contribution in [-0.2, 0) is 34.5 Å². The summed E-state index contributed by atoms with van der Waals surface area (Å²) in [5.74, 6) is 0. The molecule has 34 heavy (non-hydrogen) atoms. The van der Waals surface area contributed by atoms with Gasteiger partial charge >= 0.3 is 0 Å². The Hall–Kier alpha value is 0.534. The van der Waals surface area contributed by atoms with Gasteiger partial charge in [0.25, 0.3) is 0 Å². The molecule has 0 heterocycles. The topological polar surface area (TPSA) is 18.5 Å². The molecule has 0 bridgehead atoms. The van der Waals surface area contributed by atoms with Crippen molar-refractivity contribution < 1.29 is 8.85 Å². The summed E-state index contributed by atoms with van der Waals surface area (Å²) in [6.07, 6.45) is 6.35. The Morgan fingerprint density at radius 3 is 1.06 bits per heavy atom. The lowest BCUT2D eigenvalue weighted by Crippen LogP contribution is -2.41. The van der Waals surface area contributed by atoms with Gasteiger partial charge in [0.15, 0.2) is 16.6 Å². The Balaban J connectivity index is 3.33. The van der Waals surface area contributed by atoms with Crippen molar-refractivity contribution in [1.82, 2.24) is 0 Å². The highest BCUT2D eigenvalue weighted by Gasteiger charge is 2.38. The zero-order chi connectivity index (χ0) is 26.5. The first-order chi connectivity index (χ1) is 15.4. The smallest absolute Gasteiger partial charge is 0.191 e.